The Hall–Kier alpha value is -0.650. The molecule has 0 bridgehead atoms. The summed E-state index contributed by atoms with van der Waals surface area (Å²) >= 11 is 0. The summed E-state index contributed by atoms with van der Waals surface area (Å²) in [5, 5.41) is 2.80. The maximum Gasteiger partial charge on any atom is 0.234 e. The van der Waals surface area contributed by atoms with Crippen molar-refractivity contribution in [1.82, 2.24) is 10.2 Å². The Kier molecular flexibility index (Phi) is 4.70. The first-order valence-electron chi connectivity index (χ1n) is 5.84. The first-order chi connectivity index (χ1) is 7.46. The Balaban J connectivity index is 2.50. The van der Waals surface area contributed by atoms with Gasteiger partial charge in [0.2, 0.25) is 5.91 Å². The summed E-state index contributed by atoms with van der Waals surface area (Å²) in [6.45, 7) is 9.07. The highest BCUT2D eigenvalue weighted by Crippen LogP contribution is 2.20. The zero-order chi connectivity index (χ0) is 12.2. The van der Waals surface area contributed by atoms with Gasteiger partial charge >= 0.3 is 0 Å². The fourth-order valence-corrected chi connectivity index (χ4v) is 2.12. The maximum atomic E-state index is 11.5. The van der Waals surface area contributed by atoms with Crippen LogP contribution in [0.3, 0.4) is 0 Å². The van der Waals surface area contributed by atoms with Crippen LogP contribution < -0.4 is 11.1 Å². The number of nitrogens with two attached hydrogens (primary N) is 1. The highest BCUT2D eigenvalue weighted by Gasteiger charge is 2.33. The Morgan fingerprint density at radius 3 is 2.88 bits per heavy atom. The lowest BCUT2D eigenvalue weighted by Crippen LogP contribution is -2.56. The molecule has 0 aromatic heterocycles. The summed E-state index contributed by atoms with van der Waals surface area (Å²) in [6, 6.07) is 0. The Morgan fingerprint density at radius 1 is 1.62 bits per heavy atom. The van der Waals surface area contributed by atoms with E-state index in [-0.39, 0.29) is 17.6 Å². The van der Waals surface area contributed by atoms with Gasteiger partial charge in [0.15, 0.2) is 0 Å². The highest BCUT2D eigenvalue weighted by atomic mass is 16.5. The molecular weight excluding hydrogens is 206 g/mol. The van der Waals surface area contributed by atoms with Crippen molar-refractivity contribution in [2.24, 2.45) is 5.73 Å². The van der Waals surface area contributed by atoms with E-state index in [0.717, 1.165) is 13.1 Å². The van der Waals surface area contributed by atoms with Crippen LogP contribution in [0.15, 0.2) is 0 Å². The largest absolute Gasteiger partial charge is 0.368 e. The molecule has 1 saturated heterocycles. The van der Waals surface area contributed by atoms with Crippen LogP contribution in [-0.2, 0) is 9.53 Å². The molecule has 1 fully saturated rings. The molecule has 1 rings (SSSR count). The van der Waals surface area contributed by atoms with Crippen molar-refractivity contribution >= 4 is 5.91 Å². The van der Waals surface area contributed by atoms with Crippen LogP contribution in [0.1, 0.15) is 20.8 Å². The second-order valence-electron chi connectivity index (χ2n) is 4.86. The van der Waals surface area contributed by atoms with Crippen molar-refractivity contribution in [3.8, 4) is 0 Å². The zero-order valence-electron chi connectivity index (χ0n) is 10.5. The highest BCUT2D eigenvalue weighted by molar-refractivity contribution is 5.77. The van der Waals surface area contributed by atoms with Gasteiger partial charge in [-0.1, -0.05) is 0 Å². The molecule has 1 aliphatic heterocycles. The molecule has 0 saturated carbocycles. The standard InChI is InChI=1S/C11H23N3O2/c1-4-13-10(15)7-14-6-9(5-12)16-11(2,3)8-14/h9H,4-8,12H2,1-3H3,(H,13,15). The Labute approximate surface area is 97.3 Å². The molecule has 0 aromatic carbocycles. The lowest BCUT2D eigenvalue weighted by atomic mass is 10.1. The van der Waals surface area contributed by atoms with Crippen molar-refractivity contribution in [2.75, 3.05) is 32.7 Å². The lowest BCUT2D eigenvalue weighted by Gasteiger charge is -2.42. The van der Waals surface area contributed by atoms with Gasteiger partial charge in [0.25, 0.3) is 0 Å². The smallest absolute Gasteiger partial charge is 0.234 e. The first kappa shape index (κ1) is 13.4. The number of hydrogen-bond acceptors (Lipinski definition) is 4. The fourth-order valence-electron chi connectivity index (χ4n) is 2.12. The number of likely N-dealkylation sites (N-methyl/N-ethyl adjacent to an activating group) is 1. The van der Waals surface area contributed by atoms with Gasteiger partial charge < -0.3 is 15.8 Å². The van der Waals surface area contributed by atoms with Gasteiger partial charge in [-0.25, -0.2) is 0 Å². The average molecular weight is 229 g/mol. The monoisotopic (exact) mass is 229 g/mol. The summed E-state index contributed by atoms with van der Waals surface area (Å²) in [7, 11) is 0. The molecule has 94 valence electrons. The van der Waals surface area contributed by atoms with Gasteiger partial charge in [-0.2, -0.15) is 0 Å². The Morgan fingerprint density at radius 2 is 2.31 bits per heavy atom. The van der Waals surface area contributed by atoms with Crippen LogP contribution in [0.25, 0.3) is 0 Å². The van der Waals surface area contributed by atoms with E-state index in [2.05, 4.69) is 10.2 Å². The summed E-state index contributed by atoms with van der Waals surface area (Å²) in [6.07, 6.45) is 0.0261. The van der Waals surface area contributed by atoms with E-state index in [0.29, 0.717) is 19.6 Å². The summed E-state index contributed by atoms with van der Waals surface area (Å²) in [4.78, 5) is 13.6. The van der Waals surface area contributed by atoms with Gasteiger partial charge in [0, 0.05) is 26.2 Å². The van der Waals surface area contributed by atoms with E-state index in [4.69, 9.17) is 10.5 Å². The van der Waals surface area contributed by atoms with Crippen LogP contribution in [-0.4, -0.2) is 55.2 Å². The first-order valence-corrected chi connectivity index (χ1v) is 5.84. The number of carbonyl (C=O) groups excluding carboxylic acids is 1. The summed E-state index contributed by atoms with van der Waals surface area (Å²) in [5.74, 6) is 0.0657. The molecule has 1 aliphatic rings. The molecule has 0 aliphatic carbocycles. The SMILES string of the molecule is CCNC(=O)CN1CC(CN)OC(C)(C)C1. The molecule has 1 heterocycles. The molecule has 1 amide bonds. The Bertz CT molecular complexity index is 243. The van der Waals surface area contributed by atoms with Crippen molar-refractivity contribution in [1.29, 1.82) is 0 Å². The van der Waals surface area contributed by atoms with E-state index >= 15 is 0 Å². The van der Waals surface area contributed by atoms with Gasteiger partial charge in [-0.05, 0) is 20.8 Å². The molecule has 16 heavy (non-hydrogen) atoms. The van der Waals surface area contributed by atoms with Crippen molar-refractivity contribution < 1.29 is 9.53 Å². The van der Waals surface area contributed by atoms with E-state index in [1.165, 1.54) is 0 Å². The second kappa shape index (κ2) is 5.61. The number of rotatable bonds is 4. The number of ether oxygens (including phenoxy) is 1. The van der Waals surface area contributed by atoms with Crippen molar-refractivity contribution in [3.63, 3.8) is 0 Å². The minimum absolute atomic E-state index is 0.0261. The number of nitrogens with one attached hydrogen (secondary N) is 1. The van der Waals surface area contributed by atoms with Crippen LogP contribution in [0.2, 0.25) is 0 Å². The predicted octanol–water partition coefficient (Wildman–Crippen LogP) is -0.439. The second-order valence-corrected chi connectivity index (χ2v) is 4.86. The number of nitrogens with zero attached hydrogens (tertiary/aromatic N) is 1. The maximum absolute atomic E-state index is 11.5. The van der Waals surface area contributed by atoms with Crippen LogP contribution >= 0.6 is 0 Å². The minimum atomic E-state index is -0.227. The quantitative estimate of drug-likeness (QED) is 0.686. The van der Waals surface area contributed by atoms with Gasteiger partial charge in [0.1, 0.15) is 0 Å². The van der Waals surface area contributed by atoms with Crippen molar-refractivity contribution in [3.05, 3.63) is 0 Å². The molecule has 1 unspecified atom stereocenters. The topological polar surface area (TPSA) is 67.6 Å². The fraction of sp³-hybridized carbons (Fsp3) is 0.909. The predicted molar refractivity (Wildman–Crippen MR) is 63.1 cm³/mol. The van der Waals surface area contributed by atoms with Crippen LogP contribution in [0.5, 0.6) is 0 Å². The third kappa shape index (κ3) is 4.08. The molecule has 0 aromatic rings. The molecule has 1 atom stereocenters. The number of carbonyl (C=O) groups is 1. The van der Waals surface area contributed by atoms with Crippen molar-refractivity contribution in [2.45, 2.75) is 32.5 Å². The number of amides is 1. The van der Waals surface area contributed by atoms with E-state index in [9.17, 15) is 4.79 Å². The molecular formula is C11H23N3O2. The molecule has 5 nitrogen and oxygen atoms in total. The van der Waals surface area contributed by atoms with E-state index in [1.54, 1.807) is 0 Å². The molecule has 3 N–H and O–H groups in total. The van der Waals surface area contributed by atoms with E-state index < -0.39 is 0 Å². The van der Waals surface area contributed by atoms with E-state index in [1.807, 2.05) is 20.8 Å². The molecule has 5 heteroatoms. The van der Waals surface area contributed by atoms with Crippen LogP contribution in [0.4, 0.5) is 0 Å². The zero-order valence-corrected chi connectivity index (χ0v) is 10.5. The average Bonchev–Trinajstić information content (AvgIpc) is 2.15. The third-order valence-electron chi connectivity index (χ3n) is 2.56. The summed E-state index contributed by atoms with van der Waals surface area (Å²) in [5.41, 5.74) is 5.40. The minimum Gasteiger partial charge on any atom is -0.368 e. The van der Waals surface area contributed by atoms with Gasteiger partial charge in [0.05, 0.1) is 18.2 Å². The van der Waals surface area contributed by atoms with Crippen LogP contribution in [0, 0.1) is 0 Å². The van der Waals surface area contributed by atoms with Gasteiger partial charge in [-0.3, -0.25) is 9.69 Å². The lowest BCUT2D eigenvalue weighted by molar-refractivity contribution is -0.141. The normalized spacial score (nSPS) is 25.4. The summed E-state index contributed by atoms with van der Waals surface area (Å²) < 4.78 is 5.80. The number of hydrogen-bond donors (Lipinski definition) is 2. The van der Waals surface area contributed by atoms with Gasteiger partial charge in [-0.15, -0.1) is 0 Å². The number of morpholine rings is 1. The molecule has 0 radical (unpaired) electrons. The molecule has 0 spiro atoms. The third-order valence-corrected chi connectivity index (χ3v) is 2.56.